The van der Waals surface area contributed by atoms with Gasteiger partial charge in [-0.25, -0.2) is 0 Å². The van der Waals surface area contributed by atoms with Crippen molar-refractivity contribution in [2.45, 2.75) is 26.2 Å². The number of carbonyl (C=O) groups is 1. The highest BCUT2D eigenvalue weighted by atomic mass is 16.1. The summed E-state index contributed by atoms with van der Waals surface area (Å²) in [5, 5.41) is 3.21. The van der Waals surface area contributed by atoms with E-state index in [4.69, 9.17) is 0 Å². The van der Waals surface area contributed by atoms with E-state index in [1.54, 1.807) is 0 Å². The molecule has 0 fully saturated rings. The number of nitrogens with one attached hydrogen (secondary N) is 1. The van der Waals surface area contributed by atoms with Gasteiger partial charge in [0.05, 0.1) is 0 Å². The Morgan fingerprint density at radius 2 is 2.22 bits per heavy atom. The molecule has 0 aliphatic carbocycles. The highest BCUT2D eigenvalue weighted by Crippen LogP contribution is 1.80. The third-order valence-corrected chi connectivity index (χ3v) is 1.10. The average molecular weight is 129 g/mol. The smallest absolute Gasteiger partial charge is 0.120 e. The molecule has 0 atom stereocenters. The van der Waals surface area contributed by atoms with Gasteiger partial charge >= 0.3 is 0 Å². The van der Waals surface area contributed by atoms with Crippen molar-refractivity contribution < 1.29 is 4.79 Å². The number of hydrogen-bond acceptors (Lipinski definition) is 2. The van der Waals surface area contributed by atoms with E-state index in [1.165, 1.54) is 6.42 Å². The second-order valence-electron chi connectivity index (χ2n) is 2.06. The molecule has 0 heterocycles. The zero-order chi connectivity index (χ0) is 6.95. The maximum absolute atomic E-state index is 9.81. The van der Waals surface area contributed by atoms with E-state index >= 15 is 0 Å². The Morgan fingerprint density at radius 1 is 1.44 bits per heavy atom. The van der Waals surface area contributed by atoms with E-state index < -0.39 is 0 Å². The Labute approximate surface area is 56.6 Å². The van der Waals surface area contributed by atoms with Gasteiger partial charge in [-0.1, -0.05) is 6.92 Å². The lowest BCUT2D eigenvalue weighted by Crippen LogP contribution is -2.15. The molecule has 0 amide bonds. The van der Waals surface area contributed by atoms with Crippen LogP contribution in [-0.4, -0.2) is 19.4 Å². The Kier molecular flexibility index (Phi) is 7.32. The van der Waals surface area contributed by atoms with Crippen molar-refractivity contribution in [2.24, 2.45) is 0 Å². The number of hydrogen-bond donors (Lipinski definition) is 1. The van der Waals surface area contributed by atoms with Gasteiger partial charge in [-0.15, -0.1) is 0 Å². The molecule has 0 saturated carbocycles. The van der Waals surface area contributed by atoms with E-state index in [9.17, 15) is 4.79 Å². The first-order valence-electron chi connectivity index (χ1n) is 3.56. The Bertz CT molecular complexity index is 63.9. The quantitative estimate of drug-likeness (QED) is 0.427. The number of unbranched alkanes of at least 4 members (excludes halogenated alkanes) is 1. The van der Waals surface area contributed by atoms with Gasteiger partial charge in [0.2, 0.25) is 0 Å². The van der Waals surface area contributed by atoms with Crippen LogP contribution < -0.4 is 5.32 Å². The molecule has 0 rings (SSSR count). The Balaban J connectivity index is 2.66. The van der Waals surface area contributed by atoms with Crippen LogP contribution in [0.25, 0.3) is 0 Å². The highest BCUT2D eigenvalue weighted by molar-refractivity contribution is 5.48. The molecule has 1 N–H and O–H groups in total. The summed E-state index contributed by atoms with van der Waals surface area (Å²) < 4.78 is 0. The maximum atomic E-state index is 9.81. The molecule has 0 aliphatic heterocycles. The predicted octanol–water partition coefficient (Wildman–Crippen LogP) is 0.965. The van der Waals surface area contributed by atoms with Gasteiger partial charge in [-0.3, -0.25) is 0 Å². The van der Waals surface area contributed by atoms with Gasteiger partial charge in [0, 0.05) is 6.42 Å². The Morgan fingerprint density at radius 3 is 2.78 bits per heavy atom. The van der Waals surface area contributed by atoms with Crippen molar-refractivity contribution in [3.8, 4) is 0 Å². The van der Waals surface area contributed by atoms with Crippen molar-refractivity contribution >= 4 is 6.29 Å². The zero-order valence-electron chi connectivity index (χ0n) is 6.02. The fourth-order valence-corrected chi connectivity index (χ4v) is 0.612. The lowest BCUT2D eigenvalue weighted by Gasteiger charge is -1.97. The molecule has 0 unspecified atom stereocenters. The van der Waals surface area contributed by atoms with Crippen LogP contribution in [0.3, 0.4) is 0 Å². The van der Waals surface area contributed by atoms with Gasteiger partial charge in [-0.05, 0) is 25.9 Å². The minimum absolute atomic E-state index is 0.691. The van der Waals surface area contributed by atoms with Crippen LogP contribution in [0.2, 0.25) is 0 Å². The van der Waals surface area contributed by atoms with E-state index in [0.29, 0.717) is 6.42 Å². The van der Waals surface area contributed by atoms with E-state index in [1.807, 2.05) is 0 Å². The average Bonchev–Trinajstić information content (AvgIpc) is 1.89. The molecule has 2 heteroatoms. The standard InChI is InChI=1S/C7H15NO/c1-2-5-8-6-3-4-7-9/h7-8H,2-6H2,1H3. The molecule has 0 saturated heterocycles. The normalized spacial score (nSPS) is 9.44. The molecule has 9 heavy (non-hydrogen) atoms. The zero-order valence-corrected chi connectivity index (χ0v) is 6.02. The third-order valence-electron chi connectivity index (χ3n) is 1.10. The molecule has 0 radical (unpaired) electrons. The predicted molar refractivity (Wildman–Crippen MR) is 38.5 cm³/mol. The van der Waals surface area contributed by atoms with Gasteiger partial charge < -0.3 is 10.1 Å². The topological polar surface area (TPSA) is 29.1 Å². The van der Waals surface area contributed by atoms with Crippen LogP contribution in [0, 0.1) is 0 Å². The molecular weight excluding hydrogens is 114 g/mol. The second kappa shape index (κ2) is 7.63. The van der Waals surface area contributed by atoms with Crippen LogP contribution in [0.15, 0.2) is 0 Å². The van der Waals surface area contributed by atoms with E-state index in [2.05, 4.69) is 12.2 Å². The lowest BCUT2D eigenvalue weighted by molar-refractivity contribution is -0.107. The number of aldehydes is 1. The molecule has 0 aromatic rings. The van der Waals surface area contributed by atoms with Crippen LogP contribution in [0.5, 0.6) is 0 Å². The van der Waals surface area contributed by atoms with Gasteiger partial charge in [0.1, 0.15) is 6.29 Å². The molecule has 54 valence electrons. The highest BCUT2D eigenvalue weighted by Gasteiger charge is 1.83. The Hall–Kier alpha value is -0.370. The van der Waals surface area contributed by atoms with Crippen molar-refractivity contribution in [2.75, 3.05) is 13.1 Å². The second-order valence-corrected chi connectivity index (χ2v) is 2.06. The SMILES string of the molecule is CCCNCCCC=O. The number of rotatable bonds is 6. The van der Waals surface area contributed by atoms with E-state index in [-0.39, 0.29) is 0 Å². The summed E-state index contributed by atoms with van der Waals surface area (Å²) in [5.74, 6) is 0. The summed E-state index contributed by atoms with van der Waals surface area (Å²) >= 11 is 0. The molecular formula is C7H15NO. The third kappa shape index (κ3) is 7.63. The van der Waals surface area contributed by atoms with Crippen LogP contribution in [0.1, 0.15) is 26.2 Å². The summed E-state index contributed by atoms with van der Waals surface area (Å²) in [5.41, 5.74) is 0. The van der Waals surface area contributed by atoms with Gasteiger partial charge in [-0.2, -0.15) is 0 Å². The van der Waals surface area contributed by atoms with Gasteiger partial charge in [0.25, 0.3) is 0 Å². The summed E-state index contributed by atoms with van der Waals surface area (Å²) in [6.45, 7) is 4.18. The van der Waals surface area contributed by atoms with Crippen molar-refractivity contribution in [3.63, 3.8) is 0 Å². The summed E-state index contributed by atoms with van der Waals surface area (Å²) in [6.07, 6.45) is 3.80. The van der Waals surface area contributed by atoms with Crippen molar-refractivity contribution in [3.05, 3.63) is 0 Å². The first-order chi connectivity index (χ1) is 4.41. The lowest BCUT2D eigenvalue weighted by atomic mass is 10.3. The van der Waals surface area contributed by atoms with E-state index in [0.717, 1.165) is 25.8 Å². The van der Waals surface area contributed by atoms with Gasteiger partial charge in [0.15, 0.2) is 0 Å². The molecule has 0 aromatic heterocycles. The summed E-state index contributed by atoms with van der Waals surface area (Å²) in [4.78, 5) is 9.81. The fourth-order valence-electron chi connectivity index (χ4n) is 0.612. The monoisotopic (exact) mass is 129 g/mol. The fraction of sp³-hybridized carbons (Fsp3) is 0.857. The first kappa shape index (κ1) is 8.63. The molecule has 0 aliphatic rings. The summed E-state index contributed by atoms with van der Waals surface area (Å²) in [7, 11) is 0. The number of carbonyl (C=O) groups excluding carboxylic acids is 1. The minimum Gasteiger partial charge on any atom is -0.317 e. The van der Waals surface area contributed by atoms with Crippen LogP contribution in [0.4, 0.5) is 0 Å². The first-order valence-corrected chi connectivity index (χ1v) is 3.56. The maximum Gasteiger partial charge on any atom is 0.120 e. The molecule has 0 spiro atoms. The summed E-state index contributed by atoms with van der Waals surface area (Å²) in [6, 6.07) is 0. The van der Waals surface area contributed by atoms with Crippen LogP contribution in [-0.2, 0) is 4.79 Å². The largest absolute Gasteiger partial charge is 0.317 e. The van der Waals surface area contributed by atoms with Crippen LogP contribution >= 0.6 is 0 Å². The van der Waals surface area contributed by atoms with Crippen molar-refractivity contribution in [1.29, 1.82) is 0 Å². The molecule has 0 bridgehead atoms. The minimum atomic E-state index is 0.691. The molecule has 2 nitrogen and oxygen atoms in total. The molecule has 0 aromatic carbocycles. The van der Waals surface area contributed by atoms with Crippen molar-refractivity contribution in [1.82, 2.24) is 5.32 Å².